The van der Waals surface area contributed by atoms with Crippen molar-refractivity contribution < 1.29 is 23.4 Å². The summed E-state index contributed by atoms with van der Waals surface area (Å²) in [4.78, 5) is 12.0. The van der Waals surface area contributed by atoms with Gasteiger partial charge in [-0.25, -0.2) is 13.6 Å². The second-order valence-corrected chi connectivity index (χ2v) is 4.35. The fraction of sp³-hybridized carbons (Fsp3) is 0.889. The Bertz CT molecular complexity index is 226. The Morgan fingerprint density at radius 1 is 1.40 bits per heavy atom. The van der Waals surface area contributed by atoms with Crippen LogP contribution >= 0.6 is 0 Å². The Morgan fingerprint density at radius 2 is 1.87 bits per heavy atom. The number of alkyl halides is 2. The Morgan fingerprint density at radius 3 is 2.20 bits per heavy atom. The van der Waals surface area contributed by atoms with Gasteiger partial charge in [-0.05, 0) is 20.8 Å². The zero-order valence-corrected chi connectivity index (χ0v) is 9.38. The standard InChI is InChI=1S/C9H17F2NO3/c1-8(2,3)15-7(14)12(4)5-9(10,11)6-13/h13H,5-6H2,1-4H3. The quantitative estimate of drug-likeness (QED) is 0.791. The van der Waals surface area contributed by atoms with E-state index in [0.717, 1.165) is 4.90 Å². The molecule has 90 valence electrons. The first-order valence-electron chi connectivity index (χ1n) is 4.50. The van der Waals surface area contributed by atoms with Crippen LogP contribution in [0.1, 0.15) is 20.8 Å². The van der Waals surface area contributed by atoms with E-state index in [1.54, 1.807) is 20.8 Å². The maximum Gasteiger partial charge on any atom is 0.410 e. The van der Waals surface area contributed by atoms with Gasteiger partial charge in [0.2, 0.25) is 0 Å². The number of rotatable bonds is 3. The van der Waals surface area contributed by atoms with Gasteiger partial charge in [0.1, 0.15) is 12.2 Å². The van der Waals surface area contributed by atoms with Crippen LogP contribution in [0.3, 0.4) is 0 Å². The van der Waals surface area contributed by atoms with Crippen molar-refractivity contribution in [3.05, 3.63) is 0 Å². The number of amides is 1. The molecule has 0 aliphatic carbocycles. The molecule has 0 saturated carbocycles. The van der Waals surface area contributed by atoms with Gasteiger partial charge in [0.25, 0.3) is 5.92 Å². The summed E-state index contributed by atoms with van der Waals surface area (Å²) >= 11 is 0. The number of aliphatic hydroxyl groups excluding tert-OH is 1. The minimum atomic E-state index is -3.30. The molecule has 0 atom stereocenters. The third-order valence-corrected chi connectivity index (χ3v) is 1.40. The second-order valence-electron chi connectivity index (χ2n) is 4.35. The van der Waals surface area contributed by atoms with Gasteiger partial charge in [-0.3, -0.25) is 0 Å². The van der Waals surface area contributed by atoms with E-state index in [1.165, 1.54) is 7.05 Å². The van der Waals surface area contributed by atoms with E-state index in [4.69, 9.17) is 9.84 Å². The van der Waals surface area contributed by atoms with Gasteiger partial charge in [0.05, 0.1) is 6.54 Å². The van der Waals surface area contributed by atoms with Crippen molar-refractivity contribution in [3.8, 4) is 0 Å². The highest BCUT2D eigenvalue weighted by molar-refractivity contribution is 5.67. The zero-order valence-electron chi connectivity index (χ0n) is 9.38. The van der Waals surface area contributed by atoms with E-state index in [1.807, 2.05) is 0 Å². The van der Waals surface area contributed by atoms with E-state index < -0.39 is 30.8 Å². The predicted molar refractivity (Wildman–Crippen MR) is 50.9 cm³/mol. The first-order chi connectivity index (χ1) is 6.57. The molecular weight excluding hydrogens is 208 g/mol. The number of hydrogen-bond donors (Lipinski definition) is 1. The van der Waals surface area contributed by atoms with E-state index in [0.29, 0.717) is 0 Å². The summed E-state index contributed by atoms with van der Waals surface area (Å²) in [6.45, 7) is 2.77. The average molecular weight is 225 g/mol. The van der Waals surface area contributed by atoms with Crippen LogP contribution in [0.4, 0.5) is 13.6 Å². The van der Waals surface area contributed by atoms with Crippen LogP contribution in [0.25, 0.3) is 0 Å². The minimum absolute atomic E-state index is 0.722. The van der Waals surface area contributed by atoms with E-state index in [-0.39, 0.29) is 0 Å². The lowest BCUT2D eigenvalue weighted by atomic mass is 10.2. The van der Waals surface area contributed by atoms with Gasteiger partial charge in [-0.2, -0.15) is 0 Å². The molecule has 0 bridgehead atoms. The highest BCUT2D eigenvalue weighted by atomic mass is 19.3. The maximum absolute atomic E-state index is 12.7. The lowest BCUT2D eigenvalue weighted by molar-refractivity contribution is -0.0711. The van der Waals surface area contributed by atoms with Gasteiger partial charge >= 0.3 is 6.09 Å². The first-order valence-corrected chi connectivity index (χ1v) is 4.50. The number of carbonyl (C=O) groups is 1. The number of ether oxygens (including phenoxy) is 1. The van der Waals surface area contributed by atoms with Crippen LogP contribution in [0.5, 0.6) is 0 Å². The number of halogens is 2. The van der Waals surface area contributed by atoms with E-state index >= 15 is 0 Å². The molecule has 0 rings (SSSR count). The summed E-state index contributed by atoms with van der Waals surface area (Å²) < 4.78 is 30.3. The molecule has 0 heterocycles. The normalized spacial score (nSPS) is 12.5. The lowest BCUT2D eigenvalue weighted by Crippen LogP contribution is -2.42. The molecular formula is C9H17F2NO3. The highest BCUT2D eigenvalue weighted by Crippen LogP contribution is 2.15. The van der Waals surface area contributed by atoms with Crippen LogP contribution in [0.2, 0.25) is 0 Å². The van der Waals surface area contributed by atoms with Gasteiger partial charge in [-0.15, -0.1) is 0 Å². The van der Waals surface area contributed by atoms with Gasteiger partial charge < -0.3 is 14.7 Å². The van der Waals surface area contributed by atoms with E-state index in [2.05, 4.69) is 0 Å². The Hall–Kier alpha value is -0.910. The van der Waals surface area contributed by atoms with Crippen LogP contribution in [0.15, 0.2) is 0 Å². The van der Waals surface area contributed by atoms with Crippen LogP contribution < -0.4 is 0 Å². The van der Waals surface area contributed by atoms with Gasteiger partial charge in [0.15, 0.2) is 0 Å². The van der Waals surface area contributed by atoms with Crippen molar-refractivity contribution in [3.63, 3.8) is 0 Å². The number of nitrogens with zero attached hydrogens (tertiary/aromatic N) is 1. The molecule has 6 heteroatoms. The molecule has 0 aromatic carbocycles. The monoisotopic (exact) mass is 225 g/mol. The highest BCUT2D eigenvalue weighted by Gasteiger charge is 2.32. The van der Waals surface area contributed by atoms with Crippen molar-refractivity contribution >= 4 is 6.09 Å². The molecule has 0 spiro atoms. The summed E-state index contributed by atoms with van der Waals surface area (Å²) in [5.41, 5.74) is -0.722. The molecule has 0 aliphatic rings. The third kappa shape index (κ3) is 6.22. The number of aliphatic hydroxyl groups is 1. The Labute approximate surface area is 87.8 Å². The van der Waals surface area contributed by atoms with Crippen molar-refractivity contribution in [1.29, 1.82) is 0 Å². The summed E-state index contributed by atoms with van der Waals surface area (Å²) in [6.07, 6.45) is -0.837. The molecule has 0 unspecified atom stereocenters. The maximum atomic E-state index is 12.7. The number of hydrogen-bond acceptors (Lipinski definition) is 3. The smallest absolute Gasteiger partial charge is 0.410 e. The zero-order chi connectivity index (χ0) is 12.3. The second kappa shape index (κ2) is 4.74. The molecule has 15 heavy (non-hydrogen) atoms. The largest absolute Gasteiger partial charge is 0.444 e. The summed E-state index contributed by atoms with van der Waals surface area (Å²) in [7, 11) is 1.19. The SMILES string of the molecule is CN(CC(F)(F)CO)C(=O)OC(C)(C)C. The number of carbonyl (C=O) groups excluding carboxylic acids is 1. The predicted octanol–water partition coefficient (Wildman–Crippen LogP) is 1.48. The Kier molecular flexibility index (Phi) is 4.45. The van der Waals surface area contributed by atoms with Crippen molar-refractivity contribution in [2.75, 3.05) is 20.2 Å². The van der Waals surface area contributed by atoms with E-state index in [9.17, 15) is 13.6 Å². The fourth-order valence-electron chi connectivity index (χ4n) is 0.801. The van der Waals surface area contributed by atoms with Crippen molar-refractivity contribution in [2.45, 2.75) is 32.3 Å². The first kappa shape index (κ1) is 14.1. The molecule has 0 saturated heterocycles. The summed E-state index contributed by atoms with van der Waals surface area (Å²) in [5, 5.41) is 8.33. The molecule has 1 N–H and O–H groups in total. The molecule has 1 amide bonds. The van der Waals surface area contributed by atoms with Crippen molar-refractivity contribution in [1.82, 2.24) is 4.90 Å². The van der Waals surface area contributed by atoms with Gasteiger partial charge in [0, 0.05) is 7.05 Å². The van der Waals surface area contributed by atoms with Crippen LogP contribution in [-0.4, -0.2) is 47.8 Å². The Balaban J connectivity index is 4.23. The fourth-order valence-corrected chi connectivity index (χ4v) is 0.801. The minimum Gasteiger partial charge on any atom is -0.444 e. The summed E-state index contributed by atoms with van der Waals surface area (Å²) in [6, 6.07) is 0. The molecule has 0 radical (unpaired) electrons. The molecule has 0 aromatic rings. The molecule has 0 fully saturated rings. The van der Waals surface area contributed by atoms with Gasteiger partial charge in [-0.1, -0.05) is 0 Å². The van der Waals surface area contributed by atoms with Crippen LogP contribution in [-0.2, 0) is 4.74 Å². The average Bonchev–Trinajstić information content (AvgIpc) is 2.00. The van der Waals surface area contributed by atoms with Crippen molar-refractivity contribution in [2.24, 2.45) is 0 Å². The molecule has 0 aliphatic heterocycles. The molecule has 4 nitrogen and oxygen atoms in total. The molecule has 0 aromatic heterocycles. The third-order valence-electron chi connectivity index (χ3n) is 1.40. The van der Waals surface area contributed by atoms with Crippen LogP contribution in [0, 0.1) is 0 Å². The summed E-state index contributed by atoms with van der Waals surface area (Å²) in [5.74, 6) is -3.30. The topological polar surface area (TPSA) is 49.8 Å². The lowest BCUT2D eigenvalue weighted by Gasteiger charge is -2.26.